The maximum atomic E-state index is 12.7. The van der Waals surface area contributed by atoms with Gasteiger partial charge in [-0.25, -0.2) is 4.39 Å². The molecule has 1 aromatic rings. The second-order valence-corrected chi connectivity index (χ2v) is 3.72. The molecule has 0 nitrogen and oxygen atoms in total. The standard InChI is InChI=1S/C13H13F/c1-10-3-2-4-12(9-10)11-5-7-13(14)8-6-11/h2,4-9,12H,3H2,1H3. The smallest absolute Gasteiger partial charge is 0.123 e. The Kier molecular flexibility index (Phi) is 2.49. The molecule has 72 valence electrons. The second kappa shape index (κ2) is 3.79. The Morgan fingerprint density at radius 2 is 1.93 bits per heavy atom. The van der Waals surface area contributed by atoms with Gasteiger partial charge in [0, 0.05) is 5.92 Å². The summed E-state index contributed by atoms with van der Waals surface area (Å²) < 4.78 is 12.7. The summed E-state index contributed by atoms with van der Waals surface area (Å²) in [4.78, 5) is 0. The number of benzene rings is 1. The van der Waals surface area contributed by atoms with E-state index in [9.17, 15) is 4.39 Å². The van der Waals surface area contributed by atoms with Crippen LogP contribution in [0.15, 0.2) is 48.1 Å². The van der Waals surface area contributed by atoms with Gasteiger partial charge in [-0.3, -0.25) is 0 Å². The normalized spacial score (nSPS) is 20.7. The third-order valence-electron chi connectivity index (χ3n) is 2.50. The van der Waals surface area contributed by atoms with Crippen molar-refractivity contribution >= 4 is 0 Å². The summed E-state index contributed by atoms with van der Waals surface area (Å²) in [5, 5.41) is 0. The molecular formula is C13H13F. The lowest BCUT2D eigenvalue weighted by Crippen LogP contribution is -1.96. The van der Waals surface area contributed by atoms with Crippen LogP contribution in [0.1, 0.15) is 24.8 Å². The first-order valence-electron chi connectivity index (χ1n) is 4.85. The van der Waals surface area contributed by atoms with Crippen molar-refractivity contribution in [1.29, 1.82) is 0 Å². The van der Waals surface area contributed by atoms with Gasteiger partial charge in [-0.15, -0.1) is 0 Å². The van der Waals surface area contributed by atoms with Crippen LogP contribution in [-0.4, -0.2) is 0 Å². The molecule has 0 bridgehead atoms. The Bertz CT molecular complexity index is 371. The molecular weight excluding hydrogens is 175 g/mol. The molecule has 1 aliphatic rings. The highest BCUT2D eigenvalue weighted by atomic mass is 19.1. The second-order valence-electron chi connectivity index (χ2n) is 3.72. The zero-order valence-electron chi connectivity index (χ0n) is 8.20. The highest BCUT2D eigenvalue weighted by Gasteiger charge is 2.08. The molecule has 1 atom stereocenters. The van der Waals surface area contributed by atoms with Crippen molar-refractivity contribution in [2.75, 3.05) is 0 Å². The summed E-state index contributed by atoms with van der Waals surface area (Å²) in [6, 6.07) is 6.72. The number of hydrogen-bond acceptors (Lipinski definition) is 0. The average molecular weight is 188 g/mol. The number of hydrogen-bond donors (Lipinski definition) is 0. The van der Waals surface area contributed by atoms with E-state index in [2.05, 4.69) is 25.2 Å². The Labute approximate surface area is 83.8 Å². The van der Waals surface area contributed by atoms with E-state index < -0.39 is 0 Å². The fourth-order valence-electron chi connectivity index (χ4n) is 1.72. The molecule has 0 saturated carbocycles. The Morgan fingerprint density at radius 3 is 2.57 bits per heavy atom. The third-order valence-corrected chi connectivity index (χ3v) is 2.50. The predicted molar refractivity (Wildman–Crippen MR) is 56.7 cm³/mol. The van der Waals surface area contributed by atoms with E-state index in [1.165, 1.54) is 17.7 Å². The quantitative estimate of drug-likeness (QED) is 0.588. The molecule has 0 fully saturated rings. The lowest BCUT2D eigenvalue weighted by molar-refractivity contribution is 0.627. The van der Waals surface area contributed by atoms with Gasteiger partial charge in [0.25, 0.3) is 0 Å². The molecule has 14 heavy (non-hydrogen) atoms. The summed E-state index contributed by atoms with van der Waals surface area (Å²) >= 11 is 0. The Morgan fingerprint density at radius 1 is 1.21 bits per heavy atom. The molecule has 0 radical (unpaired) electrons. The van der Waals surface area contributed by atoms with Gasteiger partial charge < -0.3 is 0 Å². The van der Waals surface area contributed by atoms with Crippen molar-refractivity contribution in [2.45, 2.75) is 19.3 Å². The molecule has 2 rings (SSSR count). The minimum absolute atomic E-state index is 0.172. The number of allylic oxidation sites excluding steroid dienone is 4. The monoisotopic (exact) mass is 188 g/mol. The molecule has 0 N–H and O–H groups in total. The van der Waals surface area contributed by atoms with Crippen LogP contribution in [0.25, 0.3) is 0 Å². The molecule has 1 aliphatic carbocycles. The van der Waals surface area contributed by atoms with Crippen LogP contribution >= 0.6 is 0 Å². The molecule has 0 spiro atoms. The summed E-state index contributed by atoms with van der Waals surface area (Å²) in [6.07, 6.45) is 7.61. The first kappa shape index (κ1) is 9.20. The average Bonchev–Trinajstić information content (AvgIpc) is 2.19. The van der Waals surface area contributed by atoms with Gasteiger partial charge >= 0.3 is 0 Å². The van der Waals surface area contributed by atoms with E-state index in [0.717, 1.165) is 12.0 Å². The van der Waals surface area contributed by atoms with Crippen LogP contribution in [0.2, 0.25) is 0 Å². The van der Waals surface area contributed by atoms with Gasteiger partial charge in [0.2, 0.25) is 0 Å². The minimum atomic E-state index is -0.172. The first-order chi connectivity index (χ1) is 6.75. The third kappa shape index (κ3) is 1.92. The van der Waals surface area contributed by atoms with E-state index in [1.807, 2.05) is 12.1 Å². The zero-order chi connectivity index (χ0) is 9.97. The highest BCUT2D eigenvalue weighted by molar-refractivity contribution is 5.33. The molecule has 1 heteroatoms. The topological polar surface area (TPSA) is 0 Å². The van der Waals surface area contributed by atoms with E-state index in [-0.39, 0.29) is 5.82 Å². The van der Waals surface area contributed by atoms with Crippen LogP contribution in [0, 0.1) is 5.82 Å². The number of halogens is 1. The molecule has 0 heterocycles. The highest BCUT2D eigenvalue weighted by Crippen LogP contribution is 2.25. The maximum absolute atomic E-state index is 12.7. The van der Waals surface area contributed by atoms with Gasteiger partial charge in [-0.2, -0.15) is 0 Å². The maximum Gasteiger partial charge on any atom is 0.123 e. The van der Waals surface area contributed by atoms with Crippen LogP contribution in [-0.2, 0) is 0 Å². The van der Waals surface area contributed by atoms with Gasteiger partial charge in [0.1, 0.15) is 5.82 Å². The lowest BCUT2D eigenvalue weighted by atomic mass is 9.92. The van der Waals surface area contributed by atoms with Crippen LogP contribution in [0.3, 0.4) is 0 Å². The summed E-state index contributed by atoms with van der Waals surface area (Å²) in [7, 11) is 0. The zero-order valence-corrected chi connectivity index (χ0v) is 8.20. The largest absolute Gasteiger partial charge is 0.207 e. The van der Waals surface area contributed by atoms with Crippen molar-refractivity contribution in [3.63, 3.8) is 0 Å². The van der Waals surface area contributed by atoms with Crippen molar-refractivity contribution < 1.29 is 4.39 Å². The van der Waals surface area contributed by atoms with E-state index in [0.29, 0.717) is 5.92 Å². The van der Waals surface area contributed by atoms with Crippen molar-refractivity contribution in [1.82, 2.24) is 0 Å². The van der Waals surface area contributed by atoms with Crippen molar-refractivity contribution in [3.8, 4) is 0 Å². The predicted octanol–water partition coefficient (Wildman–Crippen LogP) is 3.82. The minimum Gasteiger partial charge on any atom is -0.207 e. The fourth-order valence-corrected chi connectivity index (χ4v) is 1.72. The van der Waals surface area contributed by atoms with Gasteiger partial charge in [0.15, 0.2) is 0 Å². The van der Waals surface area contributed by atoms with E-state index >= 15 is 0 Å². The molecule has 0 aliphatic heterocycles. The van der Waals surface area contributed by atoms with E-state index in [4.69, 9.17) is 0 Å². The first-order valence-corrected chi connectivity index (χ1v) is 4.85. The van der Waals surface area contributed by atoms with Gasteiger partial charge in [-0.05, 0) is 31.0 Å². The van der Waals surface area contributed by atoms with Gasteiger partial charge in [-0.1, -0.05) is 35.9 Å². The Hall–Kier alpha value is -1.37. The molecule has 1 aromatic carbocycles. The molecule has 1 unspecified atom stereocenters. The number of rotatable bonds is 1. The van der Waals surface area contributed by atoms with Crippen molar-refractivity contribution in [3.05, 3.63) is 59.4 Å². The summed E-state index contributed by atoms with van der Waals surface area (Å²) in [5.74, 6) is 0.151. The summed E-state index contributed by atoms with van der Waals surface area (Å²) in [6.45, 7) is 2.13. The van der Waals surface area contributed by atoms with Crippen LogP contribution in [0.4, 0.5) is 4.39 Å². The SMILES string of the molecule is CC1=CC(c2ccc(F)cc2)C=CC1. The lowest BCUT2D eigenvalue weighted by Gasteiger charge is -2.14. The molecule has 0 amide bonds. The van der Waals surface area contributed by atoms with Crippen LogP contribution < -0.4 is 0 Å². The fraction of sp³-hybridized carbons (Fsp3) is 0.231. The molecule has 0 saturated heterocycles. The van der Waals surface area contributed by atoms with Crippen molar-refractivity contribution in [2.24, 2.45) is 0 Å². The van der Waals surface area contributed by atoms with Gasteiger partial charge in [0.05, 0.1) is 0 Å². The van der Waals surface area contributed by atoms with E-state index in [1.54, 1.807) is 0 Å². The van der Waals surface area contributed by atoms with Crippen LogP contribution in [0.5, 0.6) is 0 Å². The molecule has 0 aromatic heterocycles. The summed E-state index contributed by atoms with van der Waals surface area (Å²) in [5.41, 5.74) is 2.53. The Balaban J connectivity index is 2.27.